The van der Waals surface area contributed by atoms with Gasteiger partial charge in [0.1, 0.15) is 0 Å². The van der Waals surface area contributed by atoms with Gasteiger partial charge in [-0.2, -0.15) is 0 Å². The minimum absolute atomic E-state index is 0.706. The Morgan fingerprint density at radius 1 is 1.17 bits per heavy atom. The number of aromatic nitrogens is 1. The average Bonchev–Trinajstić information content (AvgIpc) is 3.25. The predicted octanol–water partition coefficient (Wildman–Crippen LogP) is 5.69. The molecule has 1 nitrogen and oxygen atoms in total. The van der Waals surface area contributed by atoms with Crippen molar-refractivity contribution in [2.45, 2.75) is 52.9 Å². The van der Waals surface area contributed by atoms with Crippen LogP contribution in [0, 0.1) is 0 Å². The molecule has 1 heterocycles. The summed E-state index contributed by atoms with van der Waals surface area (Å²) in [5.41, 5.74) is 3.24. The number of hydrogen-bond donors (Lipinski definition) is 0. The van der Waals surface area contributed by atoms with Gasteiger partial charge in [0, 0.05) is 11.6 Å². The van der Waals surface area contributed by atoms with Gasteiger partial charge in [-0.1, -0.05) is 59.4 Å². The zero-order valence-corrected chi connectivity index (χ0v) is 12.4. The number of hydrogen-bond acceptors (Lipinski definition) is 1. The maximum Gasteiger partial charge on any atom is 0.0699 e. The lowest BCUT2D eigenvalue weighted by Crippen LogP contribution is -1.91. The van der Waals surface area contributed by atoms with Crippen molar-refractivity contribution in [2.75, 3.05) is 0 Å². The van der Waals surface area contributed by atoms with E-state index >= 15 is 0 Å². The van der Waals surface area contributed by atoms with E-state index < -0.39 is 0 Å². The molecular weight excluding hydrogens is 218 g/mol. The fourth-order valence-electron chi connectivity index (χ4n) is 1.44. The van der Waals surface area contributed by atoms with Crippen LogP contribution in [0.25, 0.3) is 12.2 Å². The first-order valence-electron chi connectivity index (χ1n) is 7.02. The van der Waals surface area contributed by atoms with Crippen LogP contribution >= 0.6 is 0 Å². The number of pyridine rings is 1. The second-order valence-corrected chi connectivity index (χ2v) is 4.10. The van der Waals surface area contributed by atoms with Crippen LogP contribution in [0.5, 0.6) is 0 Å². The molecule has 0 saturated heterocycles. The molecule has 1 fully saturated rings. The van der Waals surface area contributed by atoms with Gasteiger partial charge in [0.2, 0.25) is 0 Å². The third-order valence-electron chi connectivity index (χ3n) is 2.39. The molecule has 0 radical (unpaired) electrons. The van der Waals surface area contributed by atoms with E-state index in [0.717, 1.165) is 11.3 Å². The summed E-state index contributed by atoms with van der Waals surface area (Å²) in [6.07, 6.45) is 7.44. The molecule has 0 bridgehead atoms. The first-order valence-corrected chi connectivity index (χ1v) is 7.02. The Morgan fingerprint density at radius 3 is 2.11 bits per heavy atom. The van der Waals surface area contributed by atoms with Gasteiger partial charge in [-0.3, -0.25) is 4.98 Å². The van der Waals surface area contributed by atoms with Gasteiger partial charge in [-0.05, 0) is 30.5 Å². The van der Waals surface area contributed by atoms with Gasteiger partial charge in [-0.25, -0.2) is 0 Å². The highest BCUT2D eigenvalue weighted by atomic mass is 14.7. The lowest BCUT2D eigenvalue weighted by Gasteiger charge is -2.02. The molecule has 18 heavy (non-hydrogen) atoms. The molecule has 1 aromatic rings. The third-order valence-corrected chi connectivity index (χ3v) is 2.39. The van der Waals surface area contributed by atoms with Crippen molar-refractivity contribution in [1.29, 1.82) is 0 Å². The van der Waals surface area contributed by atoms with Crippen molar-refractivity contribution in [1.82, 2.24) is 4.98 Å². The highest BCUT2D eigenvalue weighted by molar-refractivity contribution is 5.60. The molecule has 100 valence electrons. The van der Waals surface area contributed by atoms with E-state index in [9.17, 15) is 0 Å². The quantitative estimate of drug-likeness (QED) is 0.667. The molecule has 1 aromatic heterocycles. The molecule has 0 N–H and O–H groups in total. The Labute approximate surface area is 113 Å². The monoisotopic (exact) mass is 245 g/mol. The Bertz CT molecular complexity index is 362. The molecule has 0 amide bonds. The van der Waals surface area contributed by atoms with Crippen LogP contribution in [-0.4, -0.2) is 4.98 Å². The fraction of sp³-hybridized carbons (Fsp3) is 0.471. The van der Waals surface area contributed by atoms with E-state index in [1.54, 1.807) is 6.08 Å². The summed E-state index contributed by atoms with van der Waals surface area (Å²) in [7, 11) is 0. The van der Waals surface area contributed by atoms with Gasteiger partial charge in [-0.15, -0.1) is 0 Å². The molecule has 0 atom stereocenters. The molecule has 2 rings (SSSR count). The van der Waals surface area contributed by atoms with Crippen LogP contribution in [0.15, 0.2) is 25.3 Å². The molecule has 1 aliphatic carbocycles. The minimum Gasteiger partial charge on any atom is -0.253 e. The lowest BCUT2D eigenvalue weighted by atomic mass is 10.1. The fourth-order valence-corrected chi connectivity index (χ4v) is 1.44. The van der Waals surface area contributed by atoms with Crippen molar-refractivity contribution in [3.8, 4) is 0 Å². The maximum absolute atomic E-state index is 4.53. The highest BCUT2D eigenvalue weighted by Crippen LogP contribution is 2.39. The summed E-state index contributed by atoms with van der Waals surface area (Å²) in [6.45, 7) is 15.7. The molecule has 1 heteroatoms. The van der Waals surface area contributed by atoms with Crippen molar-refractivity contribution < 1.29 is 0 Å². The van der Waals surface area contributed by atoms with Gasteiger partial charge in [0.05, 0.1) is 5.69 Å². The first-order chi connectivity index (χ1) is 8.76. The van der Waals surface area contributed by atoms with E-state index in [4.69, 9.17) is 0 Å². The van der Waals surface area contributed by atoms with E-state index in [-0.39, 0.29) is 0 Å². The van der Waals surface area contributed by atoms with E-state index in [2.05, 4.69) is 44.1 Å². The molecule has 0 aliphatic heterocycles. The molecular formula is C17H27N. The minimum atomic E-state index is 0.706. The molecule has 0 unspecified atom stereocenters. The van der Waals surface area contributed by atoms with Crippen molar-refractivity contribution in [3.63, 3.8) is 0 Å². The maximum atomic E-state index is 4.53. The normalized spacial score (nSPS) is 12.4. The van der Waals surface area contributed by atoms with Gasteiger partial charge in [0.15, 0.2) is 0 Å². The van der Waals surface area contributed by atoms with Crippen LogP contribution in [0.2, 0.25) is 0 Å². The zero-order chi connectivity index (χ0) is 14.0. The lowest BCUT2D eigenvalue weighted by molar-refractivity contribution is 1.01. The topological polar surface area (TPSA) is 12.9 Å². The van der Waals surface area contributed by atoms with Crippen LogP contribution in [0.1, 0.15) is 69.8 Å². The summed E-state index contributed by atoms with van der Waals surface area (Å²) >= 11 is 0. The van der Waals surface area contributed by atoms with Crippen molar-refractivity contribution in [2.24, 2.45) is 0 Å². The van der Waals surface area contributed by atoms with Crippen molar-refractivity contribution >= 4 is 12.2 Å². The zero-order valence-electron chi connectivity index (χ0n) is 12.4. The Morgan fingerprint density at radius 2 is 1.72 bits per heavy atom. The van der Waals surface area contributed by atoms with Crippen LogP contribution in [0.3, 0.4) is 0 Å². The summed E-state index contributed by atoms with van der Waals surface area (Å²) in [6, 6.07) is 4.17. The van der Waals surface area contributed by atoms with Crippen LogP contribution in [-0.2, 0) is 0 Å². The van der Waals surface area contributed by atoms with Gasteiger partial charge in [0.25, 0.3) is 0 Å². The summed E-state index contributed by atoms with van der Waals surface area (Å²) in [5, 5.41) is 0. The van der Waals surface area contributed by atoms with E-state index in [1.165, 1.54) is 25.0 Å². The van der Waals surface area contributed by atoms with Gasteiger partial charge >= 0.3 is 0 Å². The Hall–Kier alpha value is -1.37. The second-order valence-electron chi connectivity index (χ2n) is 4.10. The number of rotatable bonds is 3. The summed E-state index contributed by atoms with van der Waals surface area (Å²) < 4.78 is 0. The molecule has 0 spiro atoms. The predicted molar refractivity (Wildman–Crippen MR) is 83.7 cm³/mol. The van der Waals surface area contributed by atoms with E-state index in [1.807, 2.05) is 19.9 Å². The van der Waals surface area contributed by atoms with Gasteiger partial charge < -0.3 is 0 Å². The summed E-state index contributed by atoms with van der Waals surface area (Å²) in [4.78, 5) is 4.53. The smallest absolute Gasteiger partial charge is 0.0699 e. The average molecular weight is 245 g/mol. The Balaban J connectivity index is 0.000000509. The van der Waals surface area contributed by atoms with Crippen LogP contribution in [0.4, 0.5) is 0 Å². The first kappa shape index (κ1) is 16.6. The van der Waals surface area contributed by atoms with E-state index in [0.29, 0.717) is 5.92 Å². The van der Waals surface area contributed by atoms with Crippen molar-refractivity contribution in [3.05, 3.63) is 42.2 Å². The highest BCUT2D eigenvalue weighted by Gasteiger charge is 2.24. The number of nitrogens with zero attached hydrogens (tertiary/aromatic N) is 1. The molecule has 0 aromatic carbocycles. The van der Waals surface area contributed by atoms with Crippen LogP contribution < -0.4 is 0 Å². The second kappa shape index (κ2) is 9.64. The third kappa shape index (κ3) is 5.31. The summed E-state index contributed by atoms with van der Waals surface area (Å²) in [5.74, 6) is 0.706. The molecule has 1 aliphatic rings. The SMILES string of the molecule is C=Cc1ccc(C2CC2)nc1C=C.CC.CCC. The standard InChI is InChI=1S/C12H13N.C3H8.C2H6/c1-3-9-7-8-12(10-5-6-10)13-11(9)4-2;1-3-2;1-2/h3-4,7-8,10H,1-2,5-6H2;3H2,1-2H3;1-2H3. The largest absolute Gasteiger partial charge is 0.253 e. The Kier molecular flexibility index (Phi) is 8.91. The molecule has 1 saturated carbocycles.